The van der Waals surface area contributed by atoms with Crippen molar-refractivity contribution in [1.29, 1.82) is 0 Å². The number of hydrogen-bond acceptors (Lipinski definition) is 1. The van der Waals surface area contributed by atoms with Gasteiger partial charge in [-0.1, -0.05) is 35.9 Å². The van der Waals surface area contributed by atoms with Gasteiger partial charge < -0.3 is 5.32 Å². The second-order valence-corrected chi connectivity index (χ2v) is 4.72. The molecule has 0 aliphatic heterocycles. The standard InChI is InChI=1S/C15H14ClF2N/c1-19-15(9-10-4-2-3-5-12(10)16)11-6-7-13(17)14(18)8-11/h2-8,15,19H,9H2,1H3. The number of hydrogen-bond donors (Lipinski definition) is 1. The quantitative estimate of drug-likeness (QED) is 0.889. The van der Waals surface area contributed by atoms with Crippen molar-refractivity contribution in [1.82, 2.24) is 5.32 Å². The zero-order valence-corrected chi connectivity index (χ0v) is 11.2. The Bertz CT molecular complexity index is 572. The van der Waals surface area contributed by atoms with Crippen molar-refractivity contribution >= 4 is 11.6 Å². The highest BCUT2D eigenvalue weighted by atomic mass is 35.5. The maximum atomic E-state index is 13.3. The average molecular weight is 282 g/mol. The van der Waals surface area contributed by atoms with E-state index in [-0.39, 0.29) is 6.04 Å². The largest absolute Gasteiger partial charge is 0.313 e. The minimum absolute atomic E-state index is 0.116. The fourth-order valence-corrected chi connectivity index (χ4v) is 2.21. The van der Waals surface area contributed by atoms with E-state index in [0.717, 1.165) is 11.6 Å². The Kier molecular flexibility index (Phi) is 4.51. The molecule has 19 heavy (non-hydrogen) atoms. The first-order chi connectivity index (χ1) is 9.11. The van der Waals surface area contributed by atoms with Gasteiger partial charge in [0.05, 0.1) is 0 Å². The summed E-state index contributed by atoms with van der Waals surface area (Å²) in [4.78, 5) is 0. The van der Waals surface area contributed by atoms with Gasteiger partial charge >= 0.3 is 0 Å². The van der Waals surface area contributed by atoms with E-state index in [9.17, 15) is 8.78 Å². The molecule has 2 rings (SSSR count). The number of nitrogens with one attached hydrogen (secondary N) is 1. The Morgan fingerprint density at radius 1 is 1.11 bits per heavy atom. The first kappa shape index (κ1) is 14.0. The summed E-state index contributed by atoms with van der Waals surface area (Å²) >= 11 is 6.11. The van der Waals surface area contributed by atoms with Crippen LogP contribution in [0, 0.1) is 11.6 Å². The molecule has 100 valence electrons. The van der Waals surface area contributed by atoms with Crippen molar-refractivity contribution in [3.8, 4) is 0 Å². The van der Waals surface area contributed by atoms with E-state index in [0.29, 0.717) is 17.0 Å². The normalized spacial score (nSPS) is 12.4. The van der Waals surface area contributed by atoms with Crippen LogP contribution in [0.25, 0.3) is 0 Å². The van der Waals surface area contributed by atoms with E-state index in [1.165, 1.54) is 6.07 Å². The molecule has 0 heterocycles. The third-order valence-corrected chi connectivity index (χ3v) is 3.45. The molecule has 2 aromatic rings. The summed E-state index contributed by atoms with van der Waals surface area (Å²) in [7, 11) is 1.78. The average Bonchev–Trinajstić information content (AvgIpc) is 2.41. The van der Waals surface area contributed by atoms with Crippen molar-refractivity contribution in [3.05, 3.63) is 70.2 Å². The minimum atomic E-state index is -0.837. The fraction of sp³-hybridized carbons (Fsp3) is 0.200. The van der Waals surface area contributed by atoms with Crippen LogP contribution >= 0.6 is 11.6 Å². The molecule has 1 nitrogen and oxygen atoms in total. The second-order valence-electron chi connectivity index (χ2n) is 4.31. The first-order valence-electron chi connectivity index (χ1n) is 5.97. The lowest BCUT2D eigenvalue weighted by molar-refractivity contribution is 0.501. The SMILES string of the molecule is CNC(Cc1ccccc1Cl)c1ccc(F)c(F)c1. The zero-order chi connectivity index (χ0) is 13.8. The minimum Gasteiger partial charge on any atom is -0.313 e. The van der Waals surface area contributed by atoms with E-state index in [1.807, 2.05) is 24.3 Å². The van der Waals surface area contributed by atoms with Gasteiger partial charge in [0.25, 0.3) is 0 Å². The third-order valence-electron chi connectivity index (χ3n) is 3.08. The molecule has 0 saturated heterocycles. The number of likely N-dealkylation sites (N-methyl/N-ethyl adjacent to an activating group) is 1. The van der Waals surface area contributed by atoms with Crippen LogP contribution in [0.1, 0.15) is 17.2 Å². The van der Waals surface area contributed by atoms with E-state index < -0.39 is 11.6 Å². The van der Waals surface area contributed by atoms with Gasteiger partial charge in [0.1, 0.15) is 0 Å². The maximum Gasteiger partial charge on any atom is 0.159 e. The van der Waals surface area contributed by atoms with Crippen molar-refractivity contribution in [3.63, 3.8) is 0 Å². The molecule has 0 aromatic heterocycles. The smallest absolute Gasteiger partial charge is 0.159 e. The molecule has 0 aliphatic carbocycles. The Balaban J connectivity index is 2.25. The highest BCUT2D eigenvalue weighted by molar-refractivity contribution is 6.31. The first-order valence-corrected chi connectivity index (χ1v) is 6.35. The summed E-state index contributed by atoms with van der Waals surface area (Å²) in [6, 6.07) is 11.3. The molecule has 1 unspecified atom stereocenters. The van der Waals surface area contributed by atoms with Crippen LogP contribution in [0.2, 0.25) is 5.02 Å². The molecule has 1 atom stereocenters. The number of benzene rings is 2. The van der Waals surface area contributed by atoms with Gasteiger partial charge in [-0.2, -0.15) is 0 Å². The van der Waals surface area contributed by atoms with Gasteiger partial charge in [-0.15, -0.1) is 0 Å². The molecule has 4 heteroatoms. The Morgan fingerprint density at radius 2 is 1.84 bits per heavy atom. The summed E-state index contributed by atoms with van der Waals surface area (Å²) in [5, 5.41) is 3.76. The van der Waals surface area contributed by atoms with Crippen LogP contribution in [0.15, 0.2) is 42.5 Å². The van der Waals surface area contributed by atoms with Crippen molar-refractivity contribution in [2.45, 2.75) is 12.5 Å². The van der Waals surface area contributed by atoms with E-state index >= 15 is 0 Å². The van der Waals surface area contributed by atoms with Gasteiger partial charge in [0.2, 0.25) is 0 Å². The lowest BCUT2D eigenvalue weighted by Crippen LogP contribution is -2.19. The van der Waals surface area contributed by atoms with Crippen molar-refractivity contribution in [2.24, 2.45) is 0 Å². The molecule has 0 bridgehead atoms. The number of halogens is 3. The zero-order valence-electron chi connectivity index (χ0n) is 10.5. The highest BCUT2D eigenvalue weighted by Gasteiger charge is 2.14. The Labute approximate surface area is 116 Å². The van der Waals surface area contributed by atoms with Crippen LogP contribution in [0.4, 0.5) is 8.78 Å². The van der Waals surface area contributed by atoms with E-state index in [4.69, 9.17) is 11.6 Å². The number of rotatable bonds is 4. The van der Waals surface area contributed by atoms with E-state index in [1.54, 1.807) is 13.1 Å². The second kappa shape index (κ2) is 6.13. The molecular weight excluding hydrogens is 268 g/mol. The van der Waals surface area contributed by atoms with Gasteiger partial charge in [0, 0.05) is 11.1 Å². The predicted molar refractivity (Wildman–Crippen MR) is 73.3 cm³/mol. The van der Waals surface area contributed by atoms with Gasteiger partial charge in [-0.3, -0.25) is 0 Å². The van der Waals surface area contributed by atoms with Crippen LogP contribution < -0.4 is 5.32 Å². The summed E-state index contributed by atoms with van der Waals surface area (Å²) in [6.45, 7) is 0. The topological polar surface area (TPSA) is 12.0 Å². The third kappa shape index (κ3) is 3.31. The lowest BCUT2D eigenvalue weighted by Gasteiger charge is -2.17. The summed E-state index contributed by atoms with van der Waals surface area (Å²) < 4.78 is 26.2. The van der Waals surface area contributed by atoms with Crippen LogP contribution in [-0.4, -0.2) is 7.05 Å². The van der Waals surface area contributed by atoms with Crippen LogP contribution in [0.5, 0.6) is 0 Å². The predicted octanol–water partition coefficient (Wildman–Crippen LogP) is 4.12. The summed E-state index contributed by atoms with van der Waals surface area (Å²) in [5.41, 5.74) is 1.66. The maximum absolute atomic E-state index is 13.3. The molecular formula is C15H14ClF2N. The molecule has 0 radical (unpaired) electrons. The Morgan fingerprint density at radius 3 is 2.47 bits per heavy atom. The molecule has 0 saturated carbocycles. The molecule has 1 N–H and O–H groups in total. The van der Waals surface area contributed by atoms with Crippen LogP contribution in [-0.2, 0) is 6.42 Å². The summed E-state index contributed by atoms with van der Waals surface area (Å²) in [6.07, 6.45) is 0.612. The molecule has 0 fully saturated rings. The Hall–Kier alpha value is -1.45. The fourth-order valence-electron chi connectivity index (χ4n) is 2.00. The molecule has 0 amide bonds. The molecule has 2 aromatic carbocycles. The summed E-state index contributed by atoms with van der Waals surface area (Å²) in [5.74, 6) is -1.67. The van der Waals surface area contributed by atoms with Gasteiger partial charge in [-0.05, 0) is 42.8 Å². The highest BCUT2D eigenvalue weighted by Crippen LogP contribution is 2.24. The van der Waals surface area contributed by atoms with Crippen LogP contribution in [0.3, 0.4) is 0 Å². The van der Waals surface area contributed by atoms with Crippen molar-refractivity contribution in [2.75, 3.05) is 7.05 Å². The lowest BCUT2D eigenvalue weighted by atomic mass is 9.99. The monoisotopic (exact) mass is 281 g/mol. The van der Waals surface area contributed by atoms with Gasteiger partial charge in [0.15, 0.2) is 11.6 Å². The van der Waals surface area contributed by atoms with Crippen molar-refractivity contribution < 1.29 is 8.78 Å². The van der Waals surface area contributed by atoms with E-state index in [2.05, 4.69) is 5.32 Å². The molecule has 0 aliphatic rings. The molecule has 0 spiro atoms. The van der Waals surface area contributed by atoms with Gasteiger partial charge in [-0.25, -0.2) is 8.78 Å².